The molecule has 0 aromatic carbocycles. The topological polar surface area (TPSA) is 21.3 Å². The molecule has 1 saturated heterocycles. The van der Waals surface area contributed by atoms with E-state index in [-0.39, 0.29) is 0 Å². The Morgan fingerprint density at radius 1 is 1.24 bits per heavy atom. The van der Waals surface area contributed by atoms with Gasteiger partial charge in [-0.15, -0.1) is 0 Å². The van der Waals surface area contributed by atoms with E-state index in [1.165, 1.54) is 51.5 Å². The van der Waals surface area contributed by atoms with Crippen molar-refractivity contribution >= 4 is 0 Å². The van der Waals surface area contributed by atoms with E-state index in [1.54, 1.807) is 0 Å². The molecule has 2 heteroatoms. The lowest BCUT2D eigenvalue weighted by molar-refractivity contribution is -0.00234. The van der Waals surface area contributed by atoms with Crippen molar-refractivity contribution in [1.82, 2.24) is 5.32 Å². The van der Waals surface area contributed by atoms with Gasteiger partial charge < -0.3 is 10.1 Å². The Labute approximate surface area is 107 Å². The summed E-state index contributed by atoms with van der Waals surface area (Å²) in [5.74, 6) is 0. The van der Waals surface area contributed by atoms with Crippen LogP contribution in [0, 0.1) is 5.41 Å². The fraction of sp³-hybridized carbons (Fsp3) is 1.00. The zero-order valence-electron chi connectivity index (χ0n) is 11.6. The lowest BCUT2D eigenvalue weighted by atomic mass is 9.75. The van der Waals surface area contributed by atoms with E-state index >= 15 is 0 Å². The standard InChI is InChI=1S/C15H29NO/c1-3-14-11-13(7-10-17-14)16-12-15(2)8-5-4-6-9-15/h13-14,16H,3-12H2,1-2H3. The van der Waals surface area contributed by atoms with E-state index in [4.69, 9.17) is 4.74 Å². The van der Waals surface area contributed by atoms with Gasteiger partial charge in [-0.25, -0.2) is 0 Å². The third-order valence-electron chi connectivity index (χ3n) is 4.70. The highest BCUT2D eigenvalue weighted by molar-refractivity contribution is 4.84. The van der Waals surface area contributed by atoms with E-state index in [1.807, 2.05) is 0 Å². The summed E-state index contributed by atoms with van der Waals surface area (Å²) in [6.45, 7) is 6.87. The molecule has 100 valence electrons. The Bertz CT molecular complexity index is 223. The van der Waals surface area contributed by atoms with Gasteiger partial charge >= 0.3 is 0 Å². The molecule has 0 spiro atoms. The molecule has 2 nitrogen and oxygen atoms in total. The van der Waals surface area contributed by atoms with E-state index in [0.717, 1.165) is 13.0 Å². The molecule has 17 heavy (non-hydrogen) atoms. The number of nitrogens with one attached hydrogen (secondary N) is 1. The predicted octanol–water partition coefficient (Wildman–Crippen LogP) is 3.50. The first kappa shape index (κ1) is 13.4. The van der Waals surface area contributed by atoms with Gasteiger partial charge in [0.2, 0.25) is 0 Å². The lowest BCUT2D eigenvalue weighted by Gasteiger charge is -2.37. The van der Waals surface area contributed by atoms with Crippen molar-refractivity contribution in [1.29, 1.82) is 0 Å². The third-order valence-corrected chi connectivity index (χ3v) is 4.70. The van der Waals surface area contributed by atoms with Crippen molar-refractivity contribution in [3.8, 4) is 0 Å². The Balaban J connectivity index is 1.73. The normalized spacial score (nSPS) is 33.5. The van der Waals surface area contributed by atoms with Crippen LogP contribution < -0.4 is 5.32 Å². The average molecular weight is 239 g/mol. The highest BCUT2D eigenvalue weighted by Gasteiger charge is 2.28. The predicted molar refractivity (Wildman–Crippen MR) is 72.2 cm³/mol. The first-order valence-electron chi connectivity index (χ1n) is 7.57. The minimum Gasteiger partial charge on any atom is -0.378 e. The van der Waals surface area contributed by atoms with Crippen LogP contribution in [0.4, 0.5) is 0 Å². The van der Waals surface area contributed by atoms with Gasteiger partial charge in [0.1, 0.15) is 0 Å². The molecule has 2 rings (SSSR count). The van der Waals surface area contributed by atoms with Crippen LogP contribution in [-0.4, -0.2) is 25.3 Å². The molecule has 1 aliphatic heterocycles. The van der Waals surface area contributed by atoms with Gasteiger partial charge in [-0.05, 0) is 37.5 Å². The summed E-state index contributed by atoms with van der Waals surface area (Å²) in [7, 11) is 0. The van der Waals surface area contributed by atoms with Crippen molar-refractivity contribution in [2.75, 3.05) is 13.2 Å². The second-order valence-corrected chi connectivity index (χ2v) is 6.37. The van der Waals surface area contributed by atoms with E-state index in [0.29, 0.717) is 17.6 Å². The molecule has 0 amide bonds. The second kappa shape index (κ2) is 6.19. The molecule has 2 aliphatic rings. The number of hydrogen-bond acceptors (Lipinski definition) is 2. The van der Waals surface area contributed by atoms with Crippen LogP contribution in [0.2, 0.25) is 0 Å². The van der Waals surface area contributed by atoms with Gasteiger partial charge in [-0.1, -0.05) is 33.1 Å². The summed E-state index contributed by atoms with van der Waals surface area (Å²) >= 11 is 0. The number of hydrogen-bond donors (Lipinski definition) is 1. The SMILES string of the molecule is CCC1CC(NCC2(C)CCCCC2)CCO1. The summed E-state index contributed by atoms with van der Waals surface area (Å²) in [4.78, 5) is 0. The van der Waals surface area contributed by atoms with Gasteiger partial charge in [0.05, 0.1) is 6.10 Å². The Hall–Kier alpha value is -0.0800. The largest absolute Gasteiger partial charge is 0.378 e. The minimum atomic E-state index is 0.500. The van der Waals surface area contributed by atoms with Crippen molar-refractivity contribution in [3.63, 3.8) is 0 Å². The van der Waals surface area contributed by atoms with Crippen molar-refractivity contribution in [3.05, 3.63) is 0 Å². The molecule has 1 aliphatic carbocycles. The number of rotatable bonds is 4. The van der Waals surface area contributed by atoms with E-state index in [9.17, 15) is 0 Å². The van der Waals surface area contributed by atoms with Crippen LogP contribution in [-0.2, 0) is 4.74 Å². The summed E-state index contributed by atoms with van der Waals surface area (Å²) in [6, 6.07) is 0.701. The highest BCUT2D eigenvalue weighted by atomic mass is 16.5. The lowest BCUT2D eigenvalue weighted by Crippen LogP contribution is -2.44. The zero-order chi connectivity index (χ0) is 12.1. The molecular formula is C15H29NO. The molecule has 0 aromatic heterocycles. The second-order valence-electron chi connectivity index (χ2n) is 6.37. The molecule has 0 bridgehead atoms. The van der Waals surface area contributed by atoms with Crippen molar-refractivity contribution in [2.45, 2.75) is 77.4 Å². The summed E-state index contributed by atoms with van der Waals surface area (Å²) in [5, 5.41) is 3.82. The molecule has 1 saturated carbocycles. The molecule has 2 unspecified atom stereocenters. The molecule has 2 fully saturated rings. The number of ether oxygens (including phenoxy) is 1. The zero-order valence-corrected chi connectivity index (χ0v) is 11.6. The minimum absolute atomic E-state index is 0.500. The molecule has 0 radical (unpaired) electrons. The van der Waals surface area contributed by atoms with Crippen LogP contribution in [0.5, 0.6) is 0 Å². The maximum atomic E-state index is 5.73. The molecule has 2 atom stereocenters. The molecule has 0 aromatic rings. The quantitative estimate of drug-likeness (QED) is 0.810. The molecular weight excluding hydrogens is 210 g/mol. The Morgan fingerprint density at radius 3 is 2.71 bits per heavy atom. The highest BCUT2D eigenvalue weighted by Crippen LogP contribution is 2.35. The van der Waals surface area contributed by atoms with Crippen LogP contribution >= 0.6 is 0 Å². The monoisotopic (exact) mass is 239 g/mol. The van der Waals surface area contributed by atoms with Gasteiger partial charge in [0.15, 0.2) is 0 Å². The van der Waals surface area contributed by atoms with E-state index < -0.39 is 0 Å². The summed E-state index contributed by atoms with van der Waals surface area (Å²) in [5.41, 5.74) is 0.568. The van der Waals surface area contributed by atoms with Crippen LogP contribution in [0.25, 0.3) is 0 Å². The van der Waals surface area contributed by atoms with Crippen LogP contribution in [0.15, 0.2) is 0 Å². The summed E-state index contributed by atoms with van der Waals surface area (Å²) < 4.78 is 5.73. The Morgan fingerprint density at radius 2 is 2.00 bits per heavy atom. The Kier molecular flexibility index (Phi) is 4.87. The fourth-order valence-electron chi connectivity index (χ4n) is 3.32. The van der Waals surface area contributed by atoms with Gasteiger partial charge in [-0.2, -0.15) is 0 Å². The van der Waals surface area contributed by atoms with Gasteiger partial charge in [-0.3, -0.25) is 0 Å². The maximum Gasteiger partial charge on any atom is 0.0587 e. The third kappa shape index (κ3) is 3.96. The van der Waals surface area contributed by atoms with Crippen LogP contribution in [0.3, 0.4) is 0 Å². The van der Waals surface area contributed by atoms with E-state index in [2.05, 4.69) is 19.2 Å². The molecule has 1 heterocycles. The molecule has 1 N–H and O–H groups in total. The maximum absolute atomic E-state index is 5.73. The fourth-order valence-corrected chi connectivity index (χ4v) is 3.32. The summed E-state index contributed by atoms with van der Waals surface area (Å²) in [6.07, 6.45) is 11.2. The van der Waals surface area contributed by atoms with Crippen molar-refractivity contribution < 1.29 is 4.74 Å². The van der Waals surface area contributed by atoms with Gasteiger partial charge in [0.25, 0.3) is 0 Å². The average Bonchev–Trinajstić information content (AvgIpc) is 2.38. The van der Waals surface area contributed by atoms with Gasteiger partial charge in [0, 0.05) is 19.2 Å². The first-order valence-corrected chi connectivity index (χ1v) is 7.57. The smallest absolute Gasteiger partial charge is 0.0587 e. The van der Waals surface area contributed by atoms with Crippen LogP contribution in [0.1, 0.15) is 65.2 Å². The van der Waals surface area contributed by atoms with Crippen molar-refractivity contribution in [2.24, 2.45) is 5.41 Å². The first-order chi connectivity index (χ1) is 8.22.